The average molecular weight is 371 g/mol. The van der Waals surface area contributed by atoms with E-state index in [2.05, 4.69) is 35.9 Å². The summed E-state index contributed by atoms with van der Waals surface area (Å²) in [6.07, 6.45) is 2.52. The summed E-state index contributed by atoms with van der Waals surface area (Å²) >= 11 is 3.38. The molecule has 1 aromatic heterocycles. The number of aromatic nitrogens is 2. The molecule has 0 atom stereocenters. The largest absolute Gasteiger partial charge is 0.357 e. The molecule has 112 valence electrons. The highest BCUT2D eigenvalue weighted by atomic mass is 79.9. The zero-order valence-electron chi connectivity index (χ0n) is 11.8. The maximum Gasteiger partial charge on any atom is 0.265 e. The first kappa shape index (κ1) is 15.7. The Morgan fingerprint density at radius 1 is 1.14 bits per heavy atom. The van der Waals surface area contributed by atoms with Crippen molar-refractivity contribution in [3.63, 3.8) is 0 Å². The van der Waals surface area contributed by atoms with Gasteiger partial charge in [-0.25, -0.2) is 18.4 Å². The van der Waals surface area contributed by atoms with E-state index in [9.17, 15) is 8.42 Å². The SMILES string of the molecule is CNc1ncc(S(=O)(=O)Nc2c(C)cc(C)cc2Br)cn1. The number of hydrogen-bond donors (Lipinski definition) is 2. The molecule has 2 aromatic rings. The summed E-state index contributed by atoms with van der Waals surface area (Å²) in [4.78, 5) is 7.83. The smallest absolute Gasteiger partial charge is 0.265 e. The number of rotatable bonds is 4. The quantitative estimate of drug-likeness (QED) is 0.864. The molecule has 8 heteroatoms. The van der Waals surface area contributed by atoms with Crippen LogP contribution in [0.3, 0.4) is 0 Å². The van der Waals surface area contributed by atoms with Crippen LogP contribution in [-0.2, 0) is 10.0 Å². The van der Waals surface area contributed by atoms with Gasteiger partial charge in [0.15, 0.2) is 0 Å². The molecule has 0 spiro atoms. The first-order valence-electron chi connectivity index (χ1n) is 6.13. The van der Waals surface area contributed by atoms with Gasteiger partial charge in [-0.15, -0.1) is 0 Å². The number of halogens is 1. The summed E-state index contributed by atoms with van der Waals surface area (Å²) in [5, 5.41) is 2.73. The first-order valence-corrected chi connectivity index (χ1v) is 8.40. The van der Waals surface area contributed by atoms with Crippen LogP contribution in [0.15, 0.2) is 33.9 Å². The van der Waals surface area contributed by atoms with Crippen molar-refractivity contribution in [1.29, 1.82) is 0 Å². The van der Waals surface area contributed by atoms with Crippen molar-refractivity contribution >= 4 is 37.6 Å². The number of sulfonamides is 1. The Kier molecular flexibility index (Phi) is 4.48. The zero-order valence-corrected chi connectivity index (χ0v) is 14.2. The number of nitrogens with zero attached hydrogens (tertiary/aromatic N) is 2. The van der Waals surface area contributed by atoms with E-state index in [1.54, 1.807) is 7.05 Å². The van der Waals surface area contributed by atoms with Gasteiger partial charge < -0.3 is 5.32 Å². The third kappa shape index (κ3) is 3.51. The zero-order chi connectivity index (χ0) is 15.6. The minimum absolute atomic E-state index is 0.00775. The maximum absolute atomic E-state index is 12.4. The van der Waals surface area contributed by atoms with Gasteiger partial charge in [-0.05, 0) is 47.0 Å². The molecule has 1 aromatic carbocycles. The third-order valence-electron chi connectivity index (χ3n) is 2.83. The van der Waals surface area contributed by atoms with E-state index >= 15 is 0 Å². The lowest BCUT2D eigenvalue weighted by molar-refractivity contribution is 0.600. The molecule has 0 saturated heterocycles. The van der Waals surface area contributed by atoms with E-state index in [1.165, 1.54) is 12.4 Å². The predicted octanol–water partition coefficient (Wildman–Crippen LogP) is 2.70. The normalized spacial score (nSPS) is 11.2. The summed E-state index contributed by atoms with van der Waals surface area (Å²) in [5.41, 5.74) is 2.39. The highest BCUT2D eigenvalue weighted by molar-refractivity contribution is 9.10. The molecule has 0 saturated carbocycles. The van der Waals surface area contributed by atoms with Crippen molar-refractivity contribution < 1.29 is 8.42 Å². The Bertz CT molecular complexity index is 737. The average Bonchev–Trinajstić information content (AvgIpc) is 2.43. The molecule has 2 rings (SSSR count). The van der Waals surface area contributed by atoms with Crippen molar-refractivity contribution in [1.82, 2.24) is 9.97 Å². The van der Waals surface area contributed by atoms with Crippen molar-refractivity contribution in [3.05, 3.63) is 40.1 Å². The Morgan fingerprint density at radius 3 is 2.29 bits per heavy atom. The van der Waals surface area contributed by atoms with Crippen LogP contribution >= 0.6 is 15.9 Å². The van der Waals surface area contributed by atoms with Crippen LogP contribution in [-0.4, -0.2) is 25.4 Å². The molecule has 0 aliphatic carbocycles. The van der Waals surface area contributed by atoms with E-state index < -0.39 is 10.0 Å². The van der Waals surface area contributed by atoms with Crippen LogP contribution in [0.2, 0.25) is 0 Å². The second-order valence-corrected chi connectivity index (χ2v) is 7.07. The van der Waals surface area contributed by atoms with Gasteiger partial charge in [-0.1, -0.05) is 6.07 Å². The number of aryl methyl sites for hydroxylation is 2. The molecule has 0 fully saturated rings. The highest BCUT2D eigenvalue weighted by Gasteiger charge is 2.18. The molecule has 21 heavy (non-hydrogen) atoms. The van der Waals surface area contributed by atoms with Gasteiger partial charge in [-0.2, -0.15) is 0 Å². The number of hydrogen-bond acceptors (Lipinski definition) is 5. The molecule has 0 unspecified atom stereocenters. The molecule has 1 heterocycles. The van der Waals surface area contributed by atoms with E-state index in [0.717, 1.165) is 11.1 Å². The highest BCUT2D eigenvalue weighted by Crippen LogP contribution is 2.29. The monoisotopic (exact) mass is 370 g/mol. The molecule has 0 radical (unpaired) electrons. The summed E-state index contributed by atoms with van der Waals surface area (Å²) in [6.45, 7) is 3.79. The molecular formula is C13H15BrN4O2S. The lowest BCUT2D eigenvalue weighted by atomic mass is 10.1. The predicted molar refractivity (Wildman–Crippen MR) is 86.0 cm³/mol. The van der Waals surface area contributed by atoms with Crippen LogP contribution in [0.1, 0.15) is 11.1 Å². The number of benzene rings is 1. The van der Waals surface area contributed by atoms with Gasteiger partial charge in [0.2, 0.25) is 5.95 Å². The lowest BCUT2D eigenvalue weighted by Crippen LogP contribution is -2.15. The second kappa shape index (κ2) is 5.98. The molecule has 0 aliphatic heterocycles. The number of anilines is 2. The Hall–Kier alpha value is -1.67. The molecule has 2 N–H and O–H groups in total. The molecule has 6 nitrogen and oxygen atoms in total. The van der Waals surface area contributed by atoms with Crippen molar-refractivity contribution in [2.75, 3.05) is 17.1 Å². The van der Waals surface area contributed by atoms with Gasteiger partial charge >= 0.3 is 0 Å². The van der Waals surface area contributed by atoms with E-state index in [0.29, 0.717) is 16.1 Å². The minimum Gasteiger partial charge on any atom is -0.357 e. The minimum atomic E-state index is -3.73. The van der Waals surface area contributed by atoms with Crippen LogP contribution < -0.4 is 10.0 Å². The van der Waals surface area contributed by atoms with Crippen LogP contribution in [0.4, 0.5) is 11.6 Å². The van der Waals surface area contributed by atoms with Crippen molar-refractivity contribution in [2.24, 2.45) is 0 Å². The van der Waals surface area contributed by atoms with Crippen molar-refractivity contribution in [2.45, 2.75) is 18.7 Å². The van der Waals surface area contributed by atoms with E-state index in [1.807, 2.05) is 26.0 Å². The molecular weight excluding hydrogens is 356 g/mol. The fraction of sp³-hybridized carbons (Fsp3) is 0.231. The van der Waals surface area contributed by atoms with Gasteiger partial charge in [0.05, 0.1) is 18.1 Å². The van der Waals surface area contributed by atoms with E-state index in [-0.39, 0.29) is 4.90 Å². The summed E-state index contributed by atoms with van der Waals surface area (Å²) in [7, 11) is -2.07. The molecule has 0 bridgehead atoms. The Morgan fingerprint density at radius 2 is 1.76 bits per heavy atom. The first-order chi connectivity index (χ1) is 9.83. The number of nitrogens with one attached hydrogen (secondary N) is 2. The summed E-state index contributed by atoms with van der Waals surface area (Å²) in [5.74, 6) is 0.363. The maximum atomic E-state index is 12.4. The van der Waals surface area contributed by atoms with Crippen LogP contribution in [0.5, 0.6) is 0 Å². The van der Waals surface area contributed by atoms with Gasteiger partial charge in [0.1, 0.15) is 4.90 Å². The van der Waals surface area contributed by atoms with Gasteiger partial charge in [-0.3, -0.25) is 4.72 Å². The van der Waals surface area contributed by atoms with E-state index in [4.69, 9.17) is 0 Å². The molecule has 0 aliphatic rings. The third-order valence-corrected chi connectivity index (χ3v) is 4.76. The summed E-state index contributed by atoms with van der Waals surface area (Å²) in [6, 6.07) is 3.76. The standard InChI is InChI=1S/C13H15BrN4O2S/c1-8-4-9(2)12(11(14)5-8)18-21(19,20)10-6-16-13(15-3)17-7-10/h4-7,18H,1-3H3,(H,15,16,17). The fourth-order valence-corrected chi connectivity index (χ4v) is 3.77. The lowest BCUT2D eigenvalue weighted by Gasteiger charge is -2.13. The topological polar surface area (TPSA) is 84.0 Å². The van der Waals surface area contributed by atoms with Crippen molar-refractivity contribution in [3.8, 4) is 0 Å². The van der Waals surface area contributed by atoms with Crippen LogP contribution in [0, 0.1) is 13.8 Å². The second-order valence-electron chi connectivity index (χ2n) is 4.54. The van der Waals surface area contributed by atoms with Gasteiger partial charge in [0.25, 0.3) is 10.0 Å². The summed E-state index contributed by atoms with van der Waals surface area (Å²) < 4.78 is 28.0. The fourth-order valence-electron chi connectivity index (χ4n) is 1.82. The molecule has 0 amide bonds. The van der Waals surface area contributed by atoms with Gasteiger partial charge in [0, 0.05) is 11.5 Å². The Labute approximate surface area is 132 Å². The Balaban J connectivity index is 2.37. The van der Waals surface area contributed by atoms with Crippen LogP contribution in [0.25, 0.3) is 0 Å².